The molecule has 0 saturated carbocycles. The van der Waals surface area contributed by atoms with Gasteiger partial charge in [-0.1, -0.05) is 12.1 Å². The first-order chi connectivity index (χ1) is 13.1. The van der Waals surface area contributed by atoms with Crippen LogP contribution >= 0.6 is 0 Å². The highest BCUT2D eigenvalue weighted by molar-refractivity contribution is 6.35. The number of ether oxygens (including phenoxy) is 1. The van der Waals surface area contributed by atoms with Crippen LogP contribution in [-0.2, 0) is 20.7 Å². The van der Waals surface area contributed by atoms with Gasteiger partial charge in [-0.2, -0.15) is 0 Å². The van der Waals surface area contributed by atoms with E-state index in [0.717, 1.165) is 32.5 Å². The van der Waals surface area contributed by atoms with Crippen molar-refractivity contribution in [2.45, 2.75) is 25.8 Å². The smallest absolute Gasteiger partial charge is 0.309 e. The number of carbonyl (C=O) groups excluding carboxylic acids is 2. The third-order valence-corrected chi connectivity index (χ3v) is 5.33. The van der Waals surface area contributed by atoms with E-state index in [0.29, 0.717) is 26.3 Å². The topological polar surface area (TPSA) is 73.9 Å². The molecule has 2 N–H and O–H groups in total. The van der Waals surface area contributed by atoms with Gasteiger partial charge in [-0.25, -0.2) is 0 Å². The number of likely N-dealkylation sites (N-methyl/N-ethyl adjacent to an activating group) is 1. The zero-order chi connectivity index (χ0) is 19.2. The molecule has 148 valence electrons. The molecule has 1 aromatic carbocycles. The van der Waals surface area contributed by atoms with Crippen molar-refractivity contribution in [2.75, 3.05) is 57.9 Å². The molecule has 7 nitrogen and oxygen atoms in total. The Labute approximate surface area is 161 Å². The minimum atomic E-state index is -0.578. The average molecular weight is 374 g/mol. The number of hydrogen-bond donors (Lipinski definition) is 2. The lowest BCUT2D eigenvalue weighted by Crippen LogP contribution is -2.46. The van der Waals surface area contributed by atoms with E-state index in [1.165, 1.54) is 16.8 Å². The van der Waals surface area contributed by atoms with Gasteiger partial charge in [0, 0.05) is 45.5 Å². The van der Waals surface area contributed by atoms with E-state index in [-0.39, 0.29) is 6.04 Å². The molecule has 0 spiro atoms. The summed E-state index contributed by atoms with van der Waals surface area (Å²) in [4.78, 5) is 28.4. The summed E-state index contributed by atoms with van der Waals surface area (Å²) in [5.74, 6) is -1.15. The second-order valence-corrected chi connectivity index (χ2v) is 7.15. The average Bonchev–Trinajstić information content (AvgIpc) is 2.69. The normalized spacial score (nSPS) is 18.5. The van der Waals surface area contributed by atoms with Crippen LogP contribution < -0.4 is 15.5 Å². The van der Waals surface area contributed by atoms with Gasteiger partial charge in [0.2, 0.25) is 0 Å². The van der Waals surface area contributed by atoms with E-state index in [1.54, 1.807) is 6.92 Å². The summed E-state index contributed by atoms with van der Waals surface area (Å²) < 4.78 is 5.49. The fraction of sp³-hybridized carbons (Fsp3) is 0.600. The van der Waals surface area contributed by atoms with E-state index in [1.807, 2.05) is 0 Å². The summed E-state index contributed by atoms with van der Waals surface area (Å²) in [5.41, 5.74) is 3.83. The van der Waals surface area contributed by atoms with Crippen LogP contribution in [0.5, 0.6) is 0 Å². The fourth-order valence-corrected chi connectivity index (χ4v) is 3.87. The number of nitrogens with one attached hydrogen (secondary N) is 2. The first-order valence-electron chi connectivity index (χ1n) is 9.82. The molecule has 0 aromatic heterocycles. The van der Waals surface area contributed by atoms with E-state index < -0.39 is 11.8 Å². The van der Waals surface area contributed by atoms with Crippen LogP contribution in [0.4, 0.5) is 5.69 Å². The summed E-state index contributed by atoms with van der Waals surface area (Å²) in [6.07, 6.45) is 2.23. The number of carbonyl (C=O) groups is 2. The van der Waals surface area contributed by atoms with Crippen LogP contribution in [0.25, 0.3) is 0 Å². The van der Waals surface area contributed by atoms with Gasteiger partial charge in [0.25, 0.3) is 0 Å². The lowest BCUT2D eigenvalue weighted by molar-refractivity contribution is -0.139. The number of anilines is 1. The Bertz CT molecular complexity index is 673. The molecule has 3 rings (SSSR count). The van der Waals surface area contributed by atoms with E-state index in [9.17, 15) is 9.59 Å². The number of nitrogens with zero attached hydrogens (tertiary/aromatic N) is 2. The van der Waals surface area contributed by atoms with Crippen molar-refractivity contribution >= 4 is 17.5 Å². The Morgan fingerprint density at radius 2 is 1.89 bits per heavy atom. The van der Waals surface area contributed by atoms with Crippen LogP contribution in [-0.4, -0.2) is 69.7 Å². The number of rotatable bonds is 5. The van der Waals surface area contributed by atoms with Crippen LogP contribution in [0.15, 0.2) is 18.2 Å². The third-order valence-electron chi connectivity index (χ3n) is 5.33. The number of hydrogen-bond acceptors (Lipinski definition) is 5. The molecule has 0 aliphatic carbocycles. The second-order valence-electron chi connectivity index (χ2n) is 7.15. The van der Waals surface area contributed by atoms with Crippen LogP contribution in [0, 0.1) is 0 Å². The molecule has 27 heavy (non-hydrogen) atoms. The Kier molecular flexibility index (Phi) is 6.68. The first-order valence-corrected chi connectivity index (χ1v) is 9.82. The number of morpholine rings is 1. The standard InChI is InChI=1S/C20H30N4O3/c1-3-21-19(25)20(26)22-14-18(24-9-11-27-12-10-24)16-6-7-17-15(13-16)5-4-8-23(17)2/h6-7,13,18H,3-5,8-12,14H2,1-2H3,(H,21,25)(H,22,26)/t18-/m0/s1. The maximum absolute atomic E-state index is 12.1. The van der Waals surface area contributed by atoms with Crippen molar-refractivity contribution in [3.05, 3.63) is 29.3 Å². The minimum Gasteiger partial charge on any atom is -0.379 e. The molecular weight excluding hydrogens is 344 g/mol. The molecule has 2 aliphatic heterocycles. The monoisotopic (exact) mass is 374 g/mol. The molecule has 1 fully saturated rings. The summed E-state index contributed by atoms with van der Waals surface area (Å²) in [6, 6.07) is 6.63. The summed E-state index contributed by atoms with van der Waals surface area (Å²) in [7, 11) is 2.13. The summed E-state index contributed by atoms with van der Waals surface area (Å²) >= 11 is 0. The van der Waals surface area contributed by atoms with Crippen molar-refractivity contribution in [3.8, 4) is 0 Å². The summed E-state index contributed by atoms with van der Waals surface area (Å²) in [6.45, 7) is 6.75. The van der Waals surface area contributed by atoms with Gasteiger partial charge in [0.15, 0.2) is 0 Å². The fourth-order valence-electron chi connectivity index (χ4n) is 3.87. The third kappa shape index (κ3) is 4.78. The molecule has 2 heterocycles. The number of fused-ring (bicyclic) bond motifs is 1. The molecule has 0 bridgehead atoms. The van der Waals surface area contributed by atoms with Gasteiger partial charge in [0.1, 0.15) is 0 Å². The summed E-state index contributed by atoms with van der Waals surface area (Å²) in [5, 5.41) is 5.35. The Hall–Kier alpha value is -2.12. The lowest BCUT2D eigenvalue weighted by Gasteiger charge is -2.36. The van der Waals surface area contributed by atoms with Crippen LogP contribution in [0.3, 0.4) is 0 Å². The highest BCUT2D eigenvalue weighted by Crippen LogP contribution is 2.30. The minimum absolute atomic E-state index is 0.0322. The molecule has 0 unspecified atom stereocenters. The molecule has 7 heteroatoms. The molecule has 0 radical (unpaired) electrons. The molecule has 2 amide bonds. The quantitative estimate of drug-likeness (QED) is 0.742. The first kappa shape index (κ1) is 19.6. The predicted molar refractivity (Wildman–Crippen MR) is 105 cm³/mol. The number of aryl methyl sites for hydroxylation is 1. The highest BCUT2D eigenvalue weighted by Gasteiger charge is 2.25. The Morgan fingerprint density at radius 3 is 2.63 bits per heavy atom. The van der Waals surface area contributed by atoms with E-state index >= 15 is 0 Å². The van der Waals surface area contributed by atoms with Gasteiger partial charge in [-0.15, -0.1) is 0 Å². The van der Waals surface area contributed by atoms with Crippen molar-refractivity contribution in [2.24, 2.45) is 0 Å². The maximum Gasteiger partial charge on any atom is 0.309 e. The zero-order valence-corrected chi connectivity index (χ0v) is 16.3. The molecular formula is C20H30N4O3. The van der Waals surface area contributed by atoms with Crippen LogP contribution in [0.1, 0.15) is 30.5 Å². The Morgan fingerprint density at radius 1 is 1.15 bits per heavy atom. The van der Waals surface area contributed by atoms with Crippen molar-refractivity contribution in [3.63, 3.8) is 0 Å². The molecule has 2 aliphatic rings. The largest absolute Gasteiger partial charge is 0.379 e. The van der Waals surface area contributed by atoms with Gasteiger partial charge >= 0.3 is 11.8 Å². The Balaban J connectivity index is 1.77. The van der Waals surface area contributed by atoms with Crippen molar-refractivity contribution in [1.29, 1.82) is 0 Å². The maximum atomic E-state index is 12.1. The van der Waals surface area contributed by atoms with Crippen molar-refractivity contribution in [1.82, 2.24) is 15.5 Å². The van der Waals surface area contributed by atoms with Gasteiger partial charge in [0.05, 0.1) is 19.3 Å². The number of benzene rings is 1. The molecule has 1 saturated heterocycles. The molecule has 1 atom stereocenters. The van der Waals surface area contributed by atoms with Crippen molar-refractivity contribution < 1.29 is 14.3 Å². The van der Waals surface area contributed by atoms with Gasteiger partial charge in [-0.05, 0) is 37.0 Å². The zero-order valence-electron chi connectivity index (χ0n) is 16.3. The van der Waals surface area contributed by atoms with Gasteiger partial charge < -0.3 is 20.3 Å². The lowest BCUT2D eigenvalue weighted by atomic mass is 9.95. The molecule has 1 aromatic rings. The predicted octanol–water partition coefficient (Wildman–Crippen LogP) is 0.695. The van der Waals surface area contributed by atoms with Crippen LogP contribution in [0.2, 0.25) is 0 Å². The van der Waals surface area contributed by atoms with E-state index in [4.69, 9.17) is 4.74 Å². The highest BCUT2D eigenvalue weighted by atomic mass is 16.5. The number of amides is 2. The van der Waals surface area contributed by atoms with E-state index in [2.05, 4.69) is 45.7 Å². The van der Waals surface area contributed by atoms with Gasteiger partial charge in [-0.3, -0.25) is 14.5 Å². The second kappa shape index (κ2) is 9.19. The SMILES string of the molecule is CCNC(=O)C(=O)NC[C@@H](c1ccc2c(c1)CCCN2C)N1CCOCC1.